The first-order chi connectivity index (χ1) is 6.34. The predicted molar refractivity (Wildman–Crippen MR) is 51.7 cm³/mol. The Morgan fingerprint density at radius 1 is 1.46 bits per heavy atom. The van der Waals surface area contributed by atoms with Gasteiger partial charge >= 0.3 is 0 Å². The average Bonchev–Trinajstić information content (AvgIpc) is 2.70. The minimum absolute atomic E-state index is 0.448. The molecular weight excluding hydrogens is 184 g/mol. The molecule has 4 nitrogen and oxygen atoms in total. The maximum absolute atomic E-state index is 5.98. The number of piperidine rings is 2. The molecule has 5 heteroatoms. The Balaban J connectivity index is 1.77. The van der Waals surface area contributed by atoms with Crippen molar-refractivity contribution in [3.63, 3.8) is 0 Å². The van der Waals surface area contributed by atoms with Gasteiger partial charge in [0, 0.05) is 30.7 Å². The summed E-state index contributed by atoms with van der Waals surface area (Å²) < 4.78 is 4.01. The van der Waals surface area contributed by atoms with Gasteiger partial charge in [-0.2, -0.15) is 4.37 Å². The highest BCUT2D eigenvalue weighted by Gasteiger charge is 2.44. The van der Waals surface area contributed by atoms with E-state index in [2.05, 4.69) is 14.3 Å². The van der Waals surface area contributed by atoms with Crippen molar-refractivity contribution in [1.82, 2.24) is 9.36 Å². The maximum atomic E-state index is 5.98. The van der Waals surface area contributed by atoms with E-state index in [4.69, 9.17) is 5.73 Å². The van der Waals surface area contributed by atoms with Crippen molar-refractivity contribution >= 4 is 16.7 Å². The highest BCUT2D eigenvalue weighted by molar-refractivity contribution is 7.09. The highest BCUT2D eigenvalue weighted by Crippen LogP contribution is 2.40. The fraction of sp³-hybridized carbons (Fsp3) is 0.750. The molecule has 2 atom stereocenters. The highest BCUT2D eigenvalue weighted by atomic mass is 32.1. The van der Waals surface area contributed by atoms with Crippen LogP contribution in [0.3, 0.4) is 0 Å². The van der Waals surface area contributed by atoms with E-state index in [9.17, 15) is 0 Å². The molecule has 1 saturated carbocycles. The van der Waals surface area contributed by atoms with Crippen molar-refractivity contribution in [2.75, 3.05) is 18.0 Å². The number of rotatable bonds is 1. The summed E-state index contributed by atoms with van der Waals surface area (Å²) in [6.07, 6.45) is 2.94. The van der Waals surface area contributed by atoms with E-state index < -0.39 is 0 Å². The first-order valence-corrected chi connectivity index (χ1v) is 5.39. The predicted octanol–water partition coefficient (Wildman–Crippen LogP) is 0.321. The number of hydrogen-bond donors (Lipinski definition) is 1. The van der Waals surface area contributed by atoms with E-state index in [-0.39, 0.29) is 0 Å². The second-order valence-corrected chi connectivity index (χ2v) is 4.72. The monoisotopic (exact) mass is 196 g/mol. The zero-order chi connectivity index (χ0) is 8.84. The summed E-state index contributed by atoms with van der Waals surface area (Å²) in [7, 11) is 0. The summed E-state index contributed by atoms with van der Waals surface area (Å²) in [6, 6.07) is 0.448. The van der Waals surface area contributed by atoms with E-state index in [1.54, 1.807) is 6.33 Å². The van der Waals surface area contributed by atoms with Gasteiger partial charge in [-0.15, -0.1) is 0 Å². The third kappa shape index (κ3) is 1.07. The van der Waals surface area contributed by atoms with Crippen LogP contribution in [0.15, 0.2) is 6.33 Å². The van der Waals surface area contributed by atoms with Gasteiger partial charge in [-0.05, 0) is 18.3 Å². The minimum atomic E-state index is 0.448. The van der Waals surface area contributed by atoms with Gasteiger partial charge in [0.1, 0.15) is 6.33 Å². The van der Waals surface area contributed by atoms with Gasteiger partial charge in [0.05, 0.1) is 0 Å². The van der Waals surface area contributed by atoms with Crippen molar-refractivity contribution < 1.29 is 0 Å². The van der Waals surface area contributed by atoms with Gasteiger partial charge < -0.3 is 10.6 Å². The zero-order valence-electron chi connectivity index (χ0n) is 7.26. The molecule has 3 aliphatic rings. The Kier molecular flexibility index (Phi) is 1.57. The summed E-state index contributed by atoms with van der Waals surface area (Å²) >= 11 is 1.48. The average molecular weight is 196 g/mol. The smallest absolute Gasteiger partial charge is 0.204 e. The van der Waals surface area contributed by atoms with Crippen LogP contribution in [-0.4, -0.2) is 28.5 Å². The molecule has 2 aliphatic heterocycles. The lowest BCUT2D eigenvalue weighted by atomic mass is 9.67. The van der Waals surface area contributed by atoms with Gasteiger partial charge in [0.15, 0.2) is 0 Å². The summed E-state index contributed by atoms with van der Waals surface area (Å²) in [5.74, 6) is 1.39. The molecule has 0 spiro atoms. The maximum Gasteiger partial charge on any atom is 0.204 e. The summed E-state index contributed by atoms with van der Waals surface area (Å²) in [6.45, 7) is 2.15. The molecule has 2 unspecified atom stereocenters. The van der Waals surface area contributed by atoms with Crippen molar-refractivity contribution in [3.05, 3.63) is 6.33 Å². The van der Waals surface area contributed by atoms with Crippen molar-refractivity contribution in [2.24, 2.45) is 17.6 Å². The van der Waals surface area contributed by atoms with Gasteiger partial charge in [-0.25, -0.2) is 4.98 Å². The standard InChI is InChI=1S/C8H12N4S/c9-7-5-1-6(7)3-12(2-5)8-10-4-11-13-8/h4-7H,1-3,9H2. The molecule has 0 amide bonds. The summed E-state index contributed by atoms with van der Waals surface area (Å²) in [5, 5.41) is 1.06. The number of fused-ring (bicyclic) bond motifs is 2. The molecule has 0 radical (unpaired) electrons. The van der Waals surface area contributed by atoms with Crippen LogP contribution in [0.1, 0.15) is 6.42 Å². The second kappa shape index (κ2) is 2.65. The van der Waals surface area contributed by atoms with Crippen LogP contribution in [0.25, 0.3) is 0 Å². The van der Waals surface area contributed by atoms with E-state index >= 15 is 0 Å². The van der Waals surface area contributed by atoms with Crippen molar-refractivity contribution in [1.29, 1.82) is 0 Å². The minimum Gasteiger partial charge on any atom is -0.346 e. The normalized spacial score (nSPS) is 37.3. The van der Waals surface area contributed by atoms with Gasteiger partial charge in [-0.3, -0.25) is 0 Å². The number of hydrogen-bond acceptors (Lipinski definition) is 5. The van der Waals surface area contributed by atoms with Crippen LogP contribution in [0, 0.1) is 11.8 Å². The molecule has 1 aromatic heterocycles. The van der Waals surface area contributed by atoms with Crippen LogP contribution < -0.4 is 10.6 Å². The van der Waals surface area contributed by atoms with Crippen LogP contribution in [-0.2, 0) is 0 Å². The third-order valence-electron chi connectivity index (χ3n) is 3.22. The van der Waals surface area contributed by atoms with Crippen LogP contribution >= 0.6 is 11.5 Å². The molecule has 1 aromatic rings. The number of aromatic nitrogens is 2. The molecule has 3 heterocycles. The Morgan fingerprint density at radius 3 is 2.77 bits per heavy atom. The van der Waals surface area contributed by atoms with Gasteiger partial charge in [-0.1, -0.05) is 0 Å². The van der Waals surface area contributed by atoms with E-state index in [1.165, 1.54) is 18.0 Å². The number of nitrogens with two attached hydrogens (primary N) is 1. The Bertz CT molecular complexity index is 287. The largest absolute Gasteiger partial charge is 0.346 e. The zero-order valence-corrected chi connectivity index (χ0v) is 8.07. The summed E-state index contributed by atoms with van der Waals surface area (Å²) in [4.78, 5) is 6.53. The van der Waals surface area contributed by atoms with Crippen LogP contribution in [0.2, 0.25) is 0 Å². The molecule has 2 saturated heterocycles. The lowest BCUT2D eigenvalue weighted by molar-refractivity contribution is 0.116. The number of nitrogens with zero attached hydrogens (tertiary/aromatic N) is 3. The SMILES string of the molecule is NC1C2CC1CN(c1ncns1)C2. The van der Waals surface area contributed by atoms with E-state index in [0.717, 1.165) is 18.2 Å². The first-order valence-electron chi connectivity index (χ1n) is 4.62. The Hall–Kier alpha value is -0.680. The topological polar surface area (TPSA) is 55.0 Å². The fourth-order valence-electron chi connectivity index (χ4n) is 2.39. The quantitative estimate of drug-likeness (QED) is 0.703. The fourth-order valence-corrected chi connectivity index (χ4v) is 2.94. The first kappa shape index (κ1) is 7.70. The molecule has 0 aromatic carbocycles. The van der Waals surface area contributed by atoms with Crippen molar-refractivity contribution in [3.8, 4) is 0 Å². The van der Waals surface area contributed by atoms with E-state index in [0.29, 0.717) is 17.9 Å². The molecule has 70 valence electrons. The third-order valence-corrected chi connectivity index (χ3v) is 3.95. The molecule has 13 heavy (non-hydrogen) atoms. The number of anilines is 1. The molecule has 1 aliphatic carbocycles. The molecule has 4 rings (SSSR count). The molecule has 2 N–H and O–H groups in total. The van der Waals surface area contributed by atoms with Crippen LogP contribution in [0.4, 0.5) is 5.13 Å². The van der Waals surface area contributed by atoms with Crippen LogP contribution in [0.5, 0.6) is 0 Å². The Morgan fingerprint density at radius 2 is 2.23 bits per heavy atom. The summed E-state index contributed by atoms with van der Waals surface area (Å²) in [5.41, 5.74) is 5.98. The van der Waals surface area contributed by atoms with E-state index in [1.807, 2.05) is 0 Å². The second-order valence-electron chi connectivity index (χ2n) is 3.96. The molecule has 3 fully saturated rings. The lowest BCUT2D eigenvalue weighted by Gasteiger charge is -2.51. The molecule has 2 bridgehead atoms. The van der Waals surface area contributed by atoms with Gasteiger partial charge in [0.25, 0.3) is 0 Å². The van der Waals surface area contributed by atoms with Gasteiger partial charge in [0.2, 0.25) is 5.13 Å². The lowest BCUT2D eigenvalue weighted by Crippen LogP contribution is -2.62. The Labute approximate surface area is 80.9 Å². The van der Waals surface area contributed by atoms with Crippen molar-refractivity contribution in [2.45, 2.75) is 12.5 Å². The molecular formula is C8H12N4S.